The largest absolute Gasteiger partial charge is 0.390 e. The van der Waals surface area contributed by atoms with Gasteiger partial charge in [-0.1, -0.05) is 34.1 Å². The molecule has 2 aromatic heterocycles. The number of morpholine rings is 1. The molecule has 4 heterocycles. The van der Waals surface area contributed by atoms with Gasteiger partial charge in [0, 0.05) is 19.6 Å². The van der Waals surface area contributed by atoms with E-state index in [1.54, 1.807) is 0 Å². The van der Waals surface area contributed by atoms with E-state index in [1.165, 1.54) is 25.7 Å². The van der Waals surface area contributed by atoms with Gasteiger partial charge in [-0.2, -0.15) is 9.97 Å². The van der Waals surface area contributed by atoms with E-state index in [-0.39, 0.29) is 12.6 Å². The van der Waals surface area contributed by atoms with Crippen molar-refractivity contribution in [3.63, 3.8) is 0 Å². The summed E-state index contributed by atoms with van der Waals surface area (Å²) >= 11 is 0. The summed E-state index contributed by atoms with van der Waals surface area (Å²) in [6.45, 7) is 14.5. The Morgan fingerprint density at radius 1 is 1.03 bits per heavy atom. The van der Waals surface area contributed by atoms with Crippen LogP contribution in [0.1, 0.15) is 66.0 Å². The fourth-order valence-electron chi connectivity index (χ4n) is 3.61. The smallest absolute Gasteiger partial charge is 0.229 e. The Morgan fingerprint density at radius 3 is 2.37 bits per heavy atom. The quantitative estimate of drug-likeness (QED) is 0.803. The van der Waals surface area contributed by atoms with Crippen LogP contribution in [0.2, 0.25) is 0 Å². The highest BCUT2D eigenvalue weighted by Crippen LogP contribution is 2.29. The van der Waals surface area contributed by atoms with Gasteiger partial charge < -0.3 is 19.6 Å². The van der Waals surface area contributed by atoms with Crippen LogP contribution in [-0.2, 0) is 11.3 Å². The third-order valence-corrected chi connectivity index (χ3v) is 5.03. The lowest BCUT2D eigenvalue weighted by molar-refractivity contribution is 0.0987. The van der Waals surface area contributed by atoms with E-state index in [0.29, 0.717) is 24.6 Å². The van der Waals surface area contributed by atoms with Gasteiger partial charge in [-0.15, -0.1) is 0 Å². The van der Waals surface area contributed by atoms with Gasteiger partial charge in [-0.05, 0) is 38.3 Å². The van der Waals surface area contributed by atoms with Crippen molar-refractivity contribution < 1.29 is 9.84 Å². The van der Waals surface area contributed by atoms with Crippen molar-refractivity contribution in [3.05, 3.63) is 17.8 Å². The zero-order valence-corrected chi connectivity index (χ0v) is 19.4. The Kier molecular flexibility index (Phi) is 10.2. The predicted molar refractivity (Wildman–Crippen MR) is 124 cm³/mol. The number of anilines is 2. The van der Waals surface area contributed by atoms with E-state index in [2.05, 4.69) is 35.6 Å². The van der Waals surface area contributed by atoms with E-state index in [4.69, 9.17) is 14.7 Å². The highest BCUT2D eigenvalue weighted by atomic mass is 16.5. The molecule has 0 aromatic carbocycles. The minimum absolute atomic E-state index is 0.0811. The average molecular weight is 418 g/mol. The van der Waals surface area contributed by atoms with Crippen molar-refractivity contribution in [2.75, 3.05) is 42.6 Å². The fourth-order valence-corrected chi connectivity index (χ4v) is 3.61. The Hall–Kier alpha value is -1.99. The van der Waals surface area contributed by atoms with E-state index in [0.717, 1.165) is 36.8 Å². The van der Waals surface area contributed by atoms with Crippen molar-refractivity contribution in [1.82, 2.24) is 15.0 Å². The third kappa shape index (κ3) is 6.01. The number of pyridine rings is 1. The summed E-state index contributed by atoms with van der Waals surface area (Å²) < 4.78 is 5.58. The number of hydrogen-bond acceptors (Lipinski definition) is 7. The first kappa shape index (κ1) is 24.3. The Morgan fingerprint density at radius 2 is 1.73 bits per heavy atom. The molecule has 2 saturated heterocycles. The summed E-state index contributed by atoms with van der Waals surface area (Å²) in [7, 11) is 0. The fraction of sp³-hybridized carbons (Fsp3) is 0.696. The molecule has 0 aliphatic carbocycles. The average Bonchev–Trinajstić information content (AvgIpc) is 2.81. The lowest BCUT2D eigenvalue weighted by atomic mass is 10.1. The maximum Gasteiger partial charge on any atom is 0.229 e. The molecular formula is C23H39N5O2. The molecule has 1 N–H and O–H groups in total. The molecule has 7 nitrogen and oxygen atoms in total. The Bertz CT molecular complexity index is 765. The van der Waals surface area contributed by atoms with Crippen LogP contribution in [0.3, 0.4) is 0 Å². The zero-order chi connectivity index (χ0) is 21.9. The number of ether oxygens (including phenoxy) is 1. The number of fused-ring (bicyclic) bond motifs is 1. The summed E-state index contributed by atoms with van der Waals surface area (Å²) in [6.07, 6.45) is 4.87. The highest BCUT2D eigenvalue weighted by molar-refractivity contribution is 5.88. The molecule has 0 radical (unpaired) electrons. The van der Waals surface area contributed by atoms with Gasteiger partial charge in [-0.3, -0.25) is 0 Å². The Balaban J connectivity index is 0.000000590. The minimum atomic E-state index is -0.0811. The normalized spacial score (nSPS) is 18.9. The van der Waals surface area contributed by atoms with Gasteiger partial charge in [0.05, 0.1) is 36.9 Å². The van der Waals surface area contributed by atoms with Gasteiger partial charge in [-0.25, -0.2) is 4.98 Å². The highest BCUT2D eigenvalue weighted by Gasteiger charge is 2.25. The molecular weight excluding hydrogens is 378 g/mol. The molecule has 0 amide bonds. The zero-order valence-electron chi connectivity index (χ0n) is 19.4. The molecule has 0 bridgehead atoms. The van der Waals surface area contributed by atoms with E-state index in [1.807, 2.05) is 26.0 Å². The third-order valence-electron chi connectivity index (χ3n) is 5.03. The van der Waals surface area contributed by atoms with E-state index in [9.17, 15) is 5.11 Å². The van der Waals surface area contributed by atoms with Crippen LogP contribution >= 0.6 is 0 Å². The maximum atomic E-state index is 9.43. The van der Waals surface area contributed by atoms with Gasteiger partial charge >= 0.3 is 0 Å². The van der Waals surface area contributed by atoms with Gasteiger partial charge in [0.1, 0.15) is 5.82 Å². The van der Waals surface area contributed by atoms with Crippen molar-refractivity contribution in [1.29, 1.82) is 0 Å². The van der Waals surface area contributed by atoms with Gasteiger partial charge in [0.2, 0.25) is 5.95 Å². The van der Waals surface area contributed by atoms with Crippen LogP contribution in [0.5, 0.6) is 0 Å². The second-order valence-electron chi connectivity index (χ2n) is 7.55. The standard InChI is InChI=1S/C18H25N5O2.C3H8.C2H6/c1-13-12-25-10-9-23(13)17-15-6-5-14(11-24)19-16(15)20-18(21-17)22-7-3-2-4-8-22;1-3-2;1-2/h5-6,13,24H,2-4,7-12H2,1H3;3H2,1-2H3;1-2H3. The second kappa shape index (κ2) is 12.6. The van der Waals surface area contributed by atoms with Crippen molar-refractivity contribution in [2.45, 2.75) is 73.0 Å². The molecule has 0 saturated carbocycles. The first-order chi connectivity index (χ1) is 14.7. The molecule has 168 valence electrons. The van der Waals surface area contributed by atoms with Gasteiger partial charge in [0.25, 0.3) is 0 Å². The maximum absolute atomic E-state index is 9.43. The van der Waals surface area contributed by atoms with Crippen molar-refractivity contribution in [2.24, 2.45) is 0 Å². The van der Waals surface area contributed by atoms with Crippen LogP contribution < -0.4 is 9.80 Å². The number of aliphatic hydroxyl groups is 1. The summed E-state index contributed by atoms with van der Waals surface area (Å²) in [5.41, 5.74) is 1.30. The number of hydrogen-bond donors (Lipinski definition) is 1. The number of rotatable bonds is 3. The Labute approximate surface area is 181 Å². The SMILES string of the molecule is CC.CC1COCCN1c1nc(N2CCCCC2)nc2nc(CO)ccc12.CCC. The molecule has 2 aromatic rings. The van der Waals surface area contributed by atoms with Crippen LogP contribution in [0, 0.1) is 0 Å². The first-order valence-electron chi connectivity index (χ1n) is 11.6. The number of aromatic nitrogens is 3. The minimum Gasteiger partial charge on any atom is -0.390 e. The molecule has 2 aliphatic rings. The summed E-state index contributed by atoms with van der Waals surface area (Å²) in [6, 6.07) is 4.09. The van der Waals surface area contributed by atoms with Crippen LogP contribution in [0.25, 0.3) is 11.0 Å². The lowest BCUT2D eigenvalue weighted by Crippen LogP contribution is -2.44. The number of nitrogens with zero attached hydrogens (tertiary/aromatic N) is 5. The summed E-state index contributed by atoms with van der Waals surface area (Å²) in [5.74, 6) is 1.68. The molecule has 30 heavy (non-hydrogen) atoms. The van der Waals surface area contributed by atoms with E-state index < -0.39 is 0 Å². The predicted octanol–water partition coefficient (Wildman–Crippen LogP) is 4.18. The topological polar surface area (TPSA) is 74.6 Å². The molecule has 0 spiro atoms. The molecule has 2 aliphatic heterocycles. The molecule has 1 unspecified atom stereocenters. The number of piperidine rings is 1. The molecule has 4 rings (SSSR count). The second-order valence-corrected chi connectivity index (χ2v) is 7.55. The van der Waals surface area contributed by atoms with E-state index >= 15 is 0 Å². The lowest BCUT2D eigenvalue weighted by Gasteiger charge is -2.35. The monoisotopic (exact) mass is 417 g/mol. The number of aliphatic hydroxyl groups excluding tert-OH is 1. The first-order valence-corrected chi connectivity index (χ1v) is 11.6. The molecule has 7 heteroatoms. The van der Waals surface area contributed by atoms with Crippen LogP contribution in [0.4, 0.5) is 11.8 Å². The summed E-state index contributed by atoms with van der Waals surface area (Å²) in [4.78, 5) is 18.8. The molecule has 1 atom stereocenters. The van der Waals surface area contributed by atoms with Gasteiger partial charge in [0.15, 0.2) is 5.65 Å². The summed E-state index contributed by atoms with van der Waals surface area (Å²) in [5, 5.41) is 10.4. The van der Waals surface area contributed by atoms with Crippen molar-refractivity contribution in [3.8, 4) is 0 Å². The molecule has 2 fully saturated rings. The van der Waals surface area contributed by atoms with Crippen molar-refractivity contribution >= 4 is 22.8 Å². The van der Waals surface area contributed by atoms with Crippen LogP contribution in [0.15, 0.2) is 12.1 Å². The van der Waals surface area contributed by atoms with Crippen LogP contribution in [-0.4, -0.2) is 58.9 Å².